The number of ketones is 1. The topological polar surface area (TPSA) is 134 Å². The van der Waals surface area contributed by atoms with E-state index in [0.29, 0.717) is 32.8 Å². The van der Waals surface area contributed by atoms with Gasteiger partial charge >= 0.3 is 12.0 Å². The molecule has 3 aromatic carbocycles. The lowest BCUT2D eigenvalue weighted by molar-refractivity contribution is -0.148. The lowest BCUT2D eigenvalue weighted by atomic mass is 9.72. The van der Waals surface area contributed by atoms with E-state index in [1.807, 2.05) is 13.0 Å². The van der Waals surface area contributed by atoms with Crippen LogP contribution in [-0.2, 0) is 4.79 Å². The minimum absolute atomic E-state index is 0.299. The molecule has 2 heterocycles. The van der Waals surface area contributed by atoms with E-state index in [9.17, 15) is 30.0 Å². The molecule has 1 aromatic heterocycles. The predicted molar refractivity (Wildman–Crippen MR) is 158 cm³/mol. The van der Waals surface area contributed by atoms with Gasteiger partial charge in [0.25, 0.3) is 0 Å². The maximum absolute atomic E-state index is 14.4. The Labute approximate surface area is 247 Å². The largest absolute Gasteiger partial charge is 0.479 e. The Balaban J connectivity index is 1.77. The van der Waals surface area contributed by atoms with Gasteiger partial charge in [-0.2, -0.15) is 10.5 Å². The molecule has 42 heavy (non-hydrogen) atoms. The van der Waals surface area contributed by atoms with E-state index >= 15 is 0 Å². The van der Waals surface area contributed by atoms with Gasteiger partial charge in [-0.15, -0.1) is 11.3 Å². The number of nitrogens with one attached hydrogen (secondary N) is 1. The number of Topliss-reactive ketones (excluding diaryl/α,β-unsaturated/α-hetero) is 1. The van der Waals surface area contributed by atoms with Crippen LogP contribution >= 0.6 is 11.3 Å². The van der Waals surface area contributed by atoms with Gasteiger partial charge in [0.2, 0.25) is 0 Å². The molecule has 5 rings (SSSR count). The van der Waals surface area contributed by atoms with Crippen molar-refractivity contribution in [2.75, 3.05) is 5.32 Å². The minimum Gasteiger partial charge on any atom is -0.479 e. The van der Waals surface area contributed by atoms with E-state index in [2.05, 4.69) is 17.5 Å². The molecular weight excluding hydrogens is 548 g/mol. The van der Waals surface area contributed by atoms with E-state index in [-0.39, 0.29) is 5.78 Å². The molecule has 0 bridgehead atoms. The Bertz CT molecular complexity index is 1740. The Morgan fingerprint density at radius 3 is 2.05 bits per heavy atom. The molecule has 0 spiro atoms. The first-order valence-electron chi connectivity index (χ1n) is 13.2. The van der Waals surface area contributed by atoms with E-state index in [1.165, 1.54) is 23.2 Å². The molecule has 9 heteroatoms. The predicted octanol–water partition coefficient (Wildman–Crippen LogP) is 6.51. The fourth-order valence-corrected chi connectivity index (χ4v) is 6.61. The number of aliphatic carboxylic acids is 1. The quantitative estimate of drug-likeness (QED) is 0.252. The molecule has 4 unspecified atom stereocenters. The zero-order chi connectivity index (χ0) is 30.0. The number of urea groups is 1. The van der Waals surface area contributed by atoms with Gasteiger partial charge < -0.3 is 10.4 Å². The van der Waals surface area contributed by atoms with E-state index < -0.39 is 35.4 Å². The number of carbonyl (C=O) groups excluding carboxylic acids is 2. The zero-order valence-corrected chi connectivity index (χ0v) is 23.6. The van der Waals surface area contributed by atoms with Gasteiger partial charge in [-0.1, -0.05) is 42.5 Å². The van der Waals surface area contributed by atoms with Crippen molar-refractivity contribution >= 4 is 34.8 Å². The Morgan fingerprint density at radius 1 is 0.905 bits per heavy atom. The number of anilines is 1. The van der Waals surface area contributed by atoms with Crippen LogP contribution in [0.2, 0.25) is 0 Å². The second kappa shape index (κ2) is 11.3. The number of hydrogen-bond acceptors (Lipinski definition) is 6. The van der Waals surface area contributed by atoms with Gasteiger partial charge in [-0.25, -0.2) is 9.59 Å². The minimum atomic E-state index is -1.89. The number of carboxylic acids is 1. The summed E-state index contributed by atoms with van der Waals surface area (Å²) in [7, 11) is 0. The van der Waals surface area contributed by atoms with Crippen LogP contribution in [0, 0.1) is 35.5 Å². The molecule has 2 N–H and O–H groups in total. The summed E-state index contributed by atoms with van der Waals surface area (Å²) < 4.78 is 0. The standard InChI is InChI=1S/C33H26N4O4S/c1-20-5-3-6-25(17-20)36-32(41)37-29(24-14-10-22(19-35)11-15-24)27(30(38)26-7-4-16-42-26)28(33(37,2)31(39)40)23-12-8-21(18-34)9-13-23/h3-17,27-29H,1-2H3,(H,36,41)(H,39,40). The van der Waals surface area contributed by atoms with E-state index in [0.717, 1.165) is 5.56 Å². The average Bonchev–Trinajstić information content (AvgIpc) is 3.63. The third-order valence-electron chi connectivity index (χ3n) is 7.85. The van der Waals surface area contributed by atoms with Gasteiger partial charge in [0.05, 0.1) is 40.1 Å². The summed E-state index contributed by atoms with van der Waals surface area (Å²) in [5, 5.41) is 34.3. The third kappa shape index (κ3) is 4.91. The highest BCUT2D eigenvalue weighted by atomic mass is 32.1. The van der Waals surface area contributed by atoms with Gasteiger partial charge in [0, 0.05) is 11.6 Å². The number of thiophene rings is 1. The summed E-state index contributed by atoms with van der Waals surface area (Å²) in [5.74, 6) is -3.57. The van der Waals surface area contributed by atoms with Crippen molar-refractivity contribution in [1.29, 1.82) is 10.5 Å². The molecule has 1 aliphatic rings. The van der Waals surface area contributed by atoms with Crippen molar-refractivity contribution in [3.8, 4) is 12.1 Å². The van der Waals surface area contributed by atoms with Crippen LogP contribution in [0.15, 0.2) is 90.3 Å². The van der Waals surface area contributed by atoms with Crippen LogP contribution in [0.4, 0.5) is 10.5 Å². The van der Waals surface area contributed by atoms with Crippen LogP contribution < -0.4 is 5.32 Å². The molecule has 4 aromatic rings. The zero-order valence-electron chi connectivity index (χ0n) is 22.8. The molecule has 0 saturated carbocycles. The maximum Gasteiger partial charge on any atom is 0.330 e. The molecule has 1 fully saturated rings. The van der Waals surface area contributed by atoms with E-state index in [4.69, 9.17) is 0 Å². The summed E-state index contributed by atoms with van der Waals surface area (Å²) >= 11 is 1.24. The maximum atomic E-state index is 14.4. The van der Waals surface area contributed by atoms with Crippen molar-refractivity contribution in [2.45, 2.75) is 31.3 Å². The number of hydrogen-bond donors (Lipinski definition) is 2. The highest BCUT2D eigenvalue weighted by Crippen LogP contribution is 2.57. The van der Waals surface area contributed by atoms with Gasteiger partial charge in [0.15, 0.2) is 5.78 Å². The highest BCUT2D eigenvalue weighted by molar-refractivity contribution is 7.12. The van der Waals surface area contributed by atoms with Crippen molar-refractivity contribution in [1.82, 2.24) is 4.90 Å². The second-order valence-corrected chi connectivity index (χ2v) is 11.3. The molecule has 1 saturated heterocycles. The van der Waals surface area contributed by atoms with Gasteiger partial charge in [-0.3, -0.25) is 9.69 Å². The SMILES string of the molecule is Cc1cccc(NC(=O)N2C(c3ccc(C#N)cc3)C(C(=O)c3cccs3)C(c3ccc(C#N)cc3)C2(C)C(=O)O)c1. The number of rotatable bonds is 6. The number of nitriles is 2. The fraction of sp³-hybridized carbons (Fsp3) is 0.182. The van der Waals surface area contributed by atoms with Crippen LogP contribution in [0.5, 0.6) is 0 Å². The second-order valence-electron chi connectivity index (χ2n) is 10.4. The van der Waals surface area contributed by atoms with Crippen molar-refractivity contribution in [2.24, 2.45) is 5.92 Å². The van der Waals surface area contributed by atoms with Crippen LogP contribution in [0.25, 0.3) is 0 Å². The normalized spacial score (nSPS) is 21.2. The molecule has 2 amide bonds. The Hall–Kier alpha value is -5.25. The summed E-state index contributed by atoms with van der Waals surface area (Å²) in [6.07, 6.45) is 0. The molecule has 8 nitrogen and oxygen atoms in total. The Kier molecular flexibility index (Phi) is 7.62. The van der Waals surface area contributed by atoms with Gasteiger partial charge in [0.1, 0.15) is 5.54 Å². The lowest BCUT2D eigenvalue weighted by Crippen LogP contribution is -2.55. The molecule has 0 aliphatic carbocycles. The molecule has 1 aliphatic heterocycles. The number of aryl methyl sites for hydroxylation is 1. The van der Waals surface area contributed by atoms with Crippen molar-refractivity contribution in [3.05, 3.63) is 123 Å². The number of amides is 2. The molecule has 0 radical (unpaired) electrons. The third-order valence-corrected chi connectivity index (χ3v) is 8.74. The summed E-state index contributed by atoms with van der Waals surface area (Å²) in [5.41, 5.74) is 1.29. The van der Waals surface area contributed by atoms with E-state index in [1.54, 1.807) is 84.2 Å². The smallest absolute Gasteiger partial charge is 0.330 e. The monoisotopic (exact) mass is 574 g/mol. The molecule has 208 valence electrons. The summed E-state index contributed by atoms with van der Waals surface area (Å²) in [6.45, 7) is 3.34. The molecule has 4 atom stereocenters. The lowest BCUT2D eigenvalue weighted by Gasteiger charge is -2.37. The molecular formula is C33H26N4O4S. The first-order valence-corrected chi connectivity index (χ1v) is 14.0. The number of carboxylic acid groups (broad SMARTS) is 1. The van der Waals surface area contributed by atoms with Crippen LogP contribution in [-0.4, -0.2) is 33.3 Å². The van der Waals surface area contributed by atoms with Crippen LogP contribution in [0.1, 0.15) is 56.4 Å². The summed E-state index contributed by atoms with van der Waals surface area (Å²) in [6, 6.07) is 26.0. The Morgan fingerprint density at radius 2 is 1.52 bits per heavy atom. The van der Waals surface area contributed by atoms with Crippen molar-refractivity contribution in [3.63, 3.8) is 0 Å². The van der Waals surface area contributed by atoms with Crippen LogP contribution in [0.3, 0.4) is 0 Å². The highest BCUT2D eigenvalue weighted by Gasteiger charge is 2.65. The number of nitrogens with zero attached hydrogens (tertiary/aromatic N) is 3. The first kappa shape index (κ1) is 28.3. The fourth-order valence-electron chi connectivity index (χ4n) is 5.90. The van der Waals surface area contributed by atoms with Gasteiger partial charge in [-0.05, 0) is 78.4 Å². The average molecular weight is 575 g/mol. The number of likely N-dealkylation sites (tertiary alicyclic amines) is 1. The number of carbonyl (C=O) groups is 3. The van der Waals surface area contributed by atoms with Crippen molar-refractivity contribution < 1.29 is 19.5 Å². The summed E-state index contributed by atoms with van der Waals surface area (Å²) in [4.78, 5) is 43.6. The number of benzene rings is 3. The first-order chi connectivity index (χ1) is 20.2.